The number of para-hydroxylation sites is 1. The second-order valence-corrected chi connectivity index (χ2v) is 6.24. The summed E-state index contributed by atoms with van der Waals surface area (Å²) < 4.78 is 5.40. The number of hydrogen-bond acceptors (Lipinski definition) is 4. The van der Waals surface area contributed by atoms with Gasteiger partial charge in [-0.05, 0) is 68.3 Å². The number of ether oxygens (including phenoxy) is 1. The van der Waals surface area contributed by atoms with E-state index < -0.39 is 0 Å². The second-order valence-electron chi connectivity index (χ2n) is 6.24. The zero-order valence-electron chi connectivity index (χ0n) is 15.7. The minimum atomic E-state index is -0.203. The minimum absolute atomic E-state index is 0.203. The fraction of sp³-hybridized carbons (Fsp3) is 0.182. The van der Waals surface area contributed by atoms with E-state index in [2.05, 4.69) is 15.6 Å². The van der Waals surface area contributed by atoms with Gasteiger partial charge in [0.25, 0.3) is 5.91 Å². The van der Waals surface area contributed by atoms with Gasteiger partial charge in [0.2, 0.25) is 0 Å². The van der Waals surface area contributed by atoms with E-state index in [4.69, 9.17) is 4.74 Å². The lowest BCUT2D eigenvalue weighted by atomic mass is 10.1. The van der Waals surface area contributed by atoms with E-state index in [0.717, 1.165) is 22.6 Å². The van der Waals surface area contributed by atoms with Crippen molar-refractivity contribution in [3.8, 4) is 5.75 Å². The summed E-state index contributed by atoms with van der Waals surface area (Å²) in [5, 5.41) is 6.18. The standard InChI is InChI=1S/C22H23N3O2/c1-4-27-19-11-9-18(10-12-19)24-22(26)17-8-13-20(23-14-17)25-21-15(2)6-5-7-16(21)3/h5-14H,4H2,1-3H3,(H,23,25)(H,24,26). The first kappa shape index (κ1) is 18.5. The summed E-state index contributed by atoms with van der Waals surface area (Å²) in [4.78, 5) is 16.8. The predicted molar refractivity (Wildman–Crippen MR) is 109 cm³/mol. The van der Waals surface area contributed by atoms with E-state index in [1.165, 1.54) is 0 Å². The second kappa shape index (κ2) is 8.36. The lowest BCUT2D eigenvalue weighted by molar-refractivity contribution is 0.102. The van der Waals surface area contributed by atoms with Crippen LogP contribution in [0.15, 0.2) is 60.8 Å². The molecule has 2 N–H and O–H groups in total. The van der Waals surface area contributed by atoms with E-state index >= 15 is 0 Å². The summed E-state index contributed by atoms with van der Waals surface area (Å²) in [5.74, 6) is 1.27. The molecular weight excluding hydrogens is 338 g/mol. The first-order valence-electron chi connectivity index (χ1n) is 8.90. The van der Waals surface area contributed by atoms with Crippen molar-refractivity contribution in [3.05, 3.63) is 77.5 Å². The maximum Gasteiger partial charge on any atom is 0.257 e. The van der Waals surface area contributed by atoms with Crippen molar-refractivity contribution >= 4 is 23.1 Å². The monoisotopic (exact) mass is 361 g/mol. The van der Waals surface area contributed by atoms with Crippen LogP contribution in [0, 0.1) is 13.8 Å². The van der Waals surface area contributed by atoms with Gasteiger partial charge in [-0.25, -0.2) is 4.98 Å². The SMILES string of the molecule is CCOc1ccc(NC(=O)c2ccc(Nc3c(C)cccc3C)nc2)cc1. The average Bonchev–Trinajstić information content (AvgIpc) is 2.67. The van der Waals surface area contributed by atoms with Crippen LogP contribution in [0.25, 0.3) is 0 Å². The molecule has 1 heterocycles. The molecule has 0 saturated carbocycles. The molecule has 0 unspecified atom stereocenters. The Hall–Kier alpha value is -3.34. The number of carbonyl (C=O) groups is 1. The molecule has 2 aromatic carbocycles. The number of nitrogens with one attached hydrogen (secondary N) is 2. The zero-order valence-corrected chi connectivity index (χ0v) is 15.7. The van der Waals surface area contributed by atoms with Gasteiger partial charge in [0.05, 0.1) is 12.2 Å². The minimum Gasteiger partial charge on any atom is -0.494 e. The lowest BCUT2D eigenvalue weighted by Crippen LogP contribution is -2.12. The summed E-state index contributed by atoms with van der Waals surface area (Å²) in [6.07, 6.45) is 1.57. The number of aromatic nitrogens is 1. The Balaban J connectivity index is 1.66. The quantitative estimate of drug-likeness (QED) is 0.642. The van der Waals surface area contributed by atoms with Crippen LogP contribution in [0.4, 0.5) is 17.2 Å². The van der Waals surface area contributed by atoms with Gasteiger partial charge in [0, 0.05) is 17.6 Å². The van der Waals surface area contributed by atoms with Gasteiger partial charge in [-0.3, -0.25) is 4.79 Å². The highest BCUT2D eigenvalue weighted by Crippen LogP contribution is 2.23. The van der Waals surface area contributed by atoms with Crippen LogP contribution in [0.1, 0.15) is 28.4 Å². The first-order chi connectivity index (χ1) is 13.1. The molecule has 3 rings (SSSR count). The van der Waals surface area contributed by atoms with Crippen LogP contribution in [-0.2, 0) is 0 Å². The molecule has 1 aromatic heterocycles. The highest BCUT2D eigenvalue weighted by molar-refractivity contribution is 6.04. The topological polar surface area (TPSA) is 63.2 Å². The molecule has 0 fully saturated rings. The Morgan fingerprint density at radius 2 is 1.70 bits per heavy atom. The van der Waals surface area contributed by atoms with Crippen molar-refractivity contribution in [3.63, 3.8) is 0 Å². The molecular formula is C22H23N3O2. The number of aryl methyl sites for hydroxylation is 2. The summed E-state index contributed by atoms with van der Waals surface area (Å²) in [6.45, 7) is 6.64. The van der Waals surface area contributed by atoms with E-state index in [1.54, 1.807) is 18.3 Å². The number of anilines is 3. The number of carbonyl (C=O) groups excluding carboxylic acids is 1. The summed E-state index contributed by atoms with van der Waals surface area (Å²) in [7, 11) is 0. The maximum absolute atomic E-state index is 12.4. The molecule has 0 atom stereocenters. The van der Waals surface area contributed by atoms with E-state index in [1.807, 2.05) is 63.2 Å². The van der Waals surface area contributed by atoms with Crippen molar-refractivity contribution in [2.75, 3.05) is 17.2 Å². The van der Waals surface area contributed by atoms with Crippen molar-refractivity contribution in [1.29, 1.82) is 0 Å². The molecule has 0 aliphatic heterocycles. The Bertz CT molecular complexity index is 899. The molecule has 0 saturated heterocycles. The van der Waals surface area contributed by atoms with Crippen molar-refractivity contribution in [2.45, 2.75) is 20.8 Å². The van der Waals surface area contributed by atoms with Crippen molar-refractivity contribution in [1.82, 2.24) is 4.98 Å². The molecule has 0 aliphatic rings. The number of rotatable bonds is 6. The fourth-order valence-corrected chi connectivity index (χ4v) is 2.75. The smallest absolute Gasteiger partial charge is 0.257 e. The van der Waals surface area contributed by atoms with Gasteiger partial charge in [-0.2, -0.15) is 0 Å². The molecule has 0 spiro atoms. The molecule has 5 heteroatoms. The van der Waals surface area contributed by atoms with Crippen LogP contribution >= 0.6 is 0 Å². The third-order valence-electron chi connectivity index (χ3n) is 4.18. The number of benzene rings is 2. The van der Waals surface area contributed by atoms with Gasteiger partial charge < -0.3 is 15.4 Å². The van der Waals surface area contributed by atoms with Crippen LogP contribution in [0.5, 0.6) is 5.75 Å². The maximum atomic E-state index is 12.4. The Morgan fingerprint density at radius 1 is 1.00 bits per heavy atom. The van der Waals surface area contributed by atoms with Gasteiger partial charge in [0.1, 0.15) is 11.6 Å². The third-order valence-corrected chi connectivity index (χ3v) is 4.18. The van der Waals surface area contributed by atoms with Crippen LogP contribution in [0.2, 0.25) is 0 Å². The number of hydrogen-bond donors (Lipinski definition) is 2. The van der Waals surface area contributed by atoms with E-state index in [9.17, 15) is 4.79 Å². The lowest BCUT2D eigenvalue weighted by Gasteiger charge is -2.12. The highest BCUT2D eigenvalue weighted by Gasteiger charge is 2.08. The van der Waals surface area contributed by atoms with Crippen LogP contribution < -0.4 is 15.4 Å². The summed E-state index contributed by atoms with van der Waals surface area (Å²) >= 11 is 0. The van der Waals surface area contributed by atoms with Crippen molar-refractivity contribution < 1.29 is 9.53 Å². The molecule has 1 amide bonds. The third kappa shape index (κ3) is 4.64. The zero-order chi connectivity index (χ0) is 19.2. The first-order valence-corrected chi connectivity index (χ1v) is 8.90. The molecule has 0 bridgehead atoms. The molecule has 5 nitrogen and oxygen atoms in total. The van der Waals surface area contributed by atoms with E-state index in [0.29, 0.717) is 23.7 Å². The molecule has 3 aromatic rings. The van der Waals surface area contributed by atoms with Crippen LogP contribution in [-0.4, -0.2) is 17.5 Å². The van der Waals surface area contributed by atoms with E-state index in [-0.39, 0.29) is 5.91 Å². The Kier molecular flexibility index (Phi) is 5.71. The van der Waals surface area contributed by atoms with Gasteiger partial charge in [-0.15, -0.1) is 0 Å². The number of pyridine rings is 1. The molecule has 27 heavy (non-hydrogen) atoms. The fourth-order valence-electron chi connectivity index (χ4n) is 2.75. The summed E-state index contributed by atoms with van der Waals surface area (Å²) in [5.41, 5.74) is 4.54. The van der Waals surface area contributed by atoms with Gasteiger partial charge in [-0.1, -0.05) is 18.2 Å². The number of amides is 1. The molecule has 0 radical (unpaired) electrons. The predicted octanol–water partition coefficient (Wildman–Crippen LogP) is 5.09. The van der Waals surface area contributed by atoms with Crippen LogP contribution in [0.3, 0.4) is 0 Å². The number of nitrogens with zero attached hydrogens (tertiary/aromatic N) is 1. The van der Waals surface area contributed by atoms with Crippen molar-refractivity contribution in [2.24, 2.45) is 0 Å². The molecule has 138 valence electrons. The van der Waals surface area contributed by atoms with Gasteiger partial charge in [0.15, 0.2) is 0 Å². The largest absolute Gasteiger partial charge is 0.494 e. The highest BCUT2D eigenvalue weighted by atomic mass is 16.5. The molecule has 0 aliphatic carbocycles. The normalized spacial score (nSPS) is 10.3. The average molecular weight is 361 g/mol. The van der Waals surface area contributed by atoms with Gasteiger partial charge >= 0.3 is 0 Å². The Morgan fingerprint density at radius 3 is 2.30 bits per heavy atom. The Labute approximate surface area is 159 Å². The summed E-state index contributed by atoms with van der Waals surface area (Å²) in [6, 6.07) is 17.0.